The zero-order valence-electron chi connectivity index (χ0n) is 18.3. The quantitative estimate of drug-likeness (QED) is 0.507. The molecule has 0 radical (unpaired) electrons. The zero-order valence-corrected chi connectivity index (χ0v) is 19.9. The fraction of sp³-hybridized carbons (Fsp3) is 0.381. The van der Waals surface area contributed by atoms with Gasteiger partial charge in [-0.1, -0.05) is 13.0 Å². The highest BCUT2D eigenvalue weighted by atomic mass is 32.2. The topological polar surface area (TPSA) is 113 Å². The van der Waals surface area contributed by atoms with Crippen molar-refractivity contribution in [2.75, 3.05) is 29.4 Å². The summed E-state index contributed by atoms with van der Waals surface area (Å²) in [5.74, 6) is -0.854. The second-order valence-electron chi connectivity index (χ2n) is 7.33. The van der Waals surface area contributed by atoms with Crippen LogP contribution in [0.2, 0.25) is 0 Å². The molecule has 0 heterocycles. The summed E-state index contributed by atoms with van der Waals surface area (Å²) in [5.41, 5.74) is 1.44. The van der Waals surface area contributed by atoms with Crippen molar-refractivity contribution >= 4 is 37.3 Å². The second kappa shape index (κ2) is 10.9. The van der Waals surface area contributed by atoms with Gasteiger partial charge < -0.3 is 5.32 Å². The van der Waals surface area contributed by atoms with E-state index in [9.17, 15) is 26.0 Å². The van der Waals surface area contributed by atoms with Crippen molar-refractivity contribution in [2.45, 2.75) is 38.0 Å². The van der Waals surface area contributed by atoms with Crippen LogP contribution in [-0.2, 0) is 24.8 Å². The van der Waals surface area contributed by atoms with Gasteiger partial charge >= 0.3 is 0 Å². The molecule has 0 saturated carbocycles. The maximum atomic E-state index is 13.0. The zero-order chi connectivity index (χ0) is 23.9. The molecule has 32 heavy (non-hydrogen) atoms. The van der Waals surface area contributed by atoms with Gasteiger partial charge in [0.2, 0.25) is 26.0 Å². The first kappa shape index (κ1) is 25.8. The Morgan fingerprint density at radius 1 is 1.03 bits per heavy atom. The normalized spacial score (nSPS) is 12.0. The minimum absolute atomic E-state index is 0.00260. The van der Waals surface area contributed by atoms with E-state index in [4.69, 9.17) is 0 Å². The lowest BCUT2D eigenvalue weighted by Gasteiger charge is -2.17. The summed E-state index contributed by atoms with van der Waals surface area (Å²) in [7, 11) is -5.84. The van der Waals surface area contributed by atoms with Crippen molar-refractivity contribution in [1.29, 1.82) is 0 Å². The van der Waals surface area contributed by atoms with E-state index in [1.54, 1.807) is 32.0 Å². The molecule has 1 amide bonds. The Kier molecular flexibility index (Phi) is 8.76. The minimum atomic E-state index is -3.78. The van der Waals surface area contributed by atoms with Gasteiger partial charge in [-0.25, -0.2) is 25.5 Å². The highest BCUT2D eigenvalue weighted by Gasteiger charge is 2.21. The van der Waals surface area contributed by atoms with Crippen LogP contribution >= 0.6 is 0 Å². The number of nitrogens with zero attached hydrogens (tertiary/aromatic N) is 1. The Balaban J connectivity index is 1.94. The van der Waals surface area contributed by atoms with Crippen molar-refractivity contribution in [3.8, 4) is 0 Å². The molecule has 0 atom stereocenters. The molecule has 2 aromatic rings. The first-order valence-electron chi connectivity index (χ1n) is 10.1. The molecule has 0 unspecified atom stereocenters. The lowest BCUT2D eigenvalue weighted by Crippen LogP contribution is -2.28. The van der Waals surface area contributed by atoms with Gasteiger partial charge in [0, 0.05) is 25.7 Å². The second-order valence-corrected chi connectivity index (χ2v) is 11.2. The van der Waals surface area contributed by atoms with Gasteiger partial charge in [-0.15, -0.1) is 0 Å². The summed E-state index contributed by atoms with van der Waals surface area (Å²) in [6.07, 6.45) is 0.815. The number of sulfonamides is 2. The fourth-order valence-electron chi connectivity index (χ4n) is 2.95. The van der Waals surface area contributed by atoms with Crippen molar-refractivity contribution in [2.24, 2.45) is 0 Å². The summed E-state index contributed by atoms with van der Waals surface area (Å²) in [4.78, 5) is 12.3. The van der Waals surface area contributed by atoms with Crippen LogP contribution in [-0.4, -0.2) is 46.4 Å². The minimum Gasteiger partial charge on any atom is -0.326 e. The summed E-state index contributed by atoms with van der Waals surface area (Å²) in [6.45, 7) is 3.57. The number of carbonyl (C=O) groups excluding carboxylic acids is 1. The van der Waals surface area contributed by atoms with Gasteiger partial charge in [-0.2, -0.15) is 0 Å². The SMILES string of the molecule is CCCS(=O)(=O)Nc1cccc(NC(=O)CCCN(C)S(=O)(=O)c2ccc(F)cc2)c1C. The molecule has 0 aliphatic rings. The van der Waals surface area contributed by atoms with E-state index in [1.807, 2.05) is 0 Å². The molecule has 0 saturated heterocycles. The summed E-state index contributed by atoms with van der Waals surface area (Å²) in [6, 6.07) is 9.45. The maximum Gasteiger partial charge on any atom is 0.242 e. The van der Waals surface area contributed by atoms with E-state index >= 15 is 0 Å². The van der Waals surface area contributed by atoms with Crippen LogP contribution in [0.25, 0.3) is 0 Å². The van der Waals surface area contributed by atoms with Crippen LogP contribution < -0.4 is 10.0 Å². The summed E-state index contributed by atoms with van der Waals surface area (Å²) >= 11 is 0. The fourth-order valence-corrected chi connectivity index (χ4v) is 5.36. The predicted molar refractivity (Wildman–Crippen MR) is 123 cm³/mol. The number of amides is 1. The first-order valence-corrected chi connectivity index (χ1v) is 13.2. The number of hydrogen-bond acceptors (Lipinski definition) is 5. The Morgan fingerprint density at radius 2 is 1.66 bits per heavy atom. The molecule has 8 nitrogen and oxygen atoms in total. The van der Waals surface area contributed by atoms with Gasteiger partial charge in [-0.05, 0) is 61.7 Å². The monoisotopic (exact) mass is 485 g/mol. The molecule has 0 aliphatic carbocycles. The number of anilines is 2. The van der Waals surface area contributed by atoms with E-state index in [0.29, 0.717) is 23.4 Å². The van der Waals surface area contributed by atoms with Crippen LogP contribution in [0.1, 0.15) is 31.7 Å². The maximum absolute atomic E-state index is 13.0. The number of halogens is 1. The number of nitrogens with one attached hydrogen (secondary N) is 2. The number of rotatable bonds is 11. The molecule has 0 aromatic heterocycles. The van der Waals surface area contributed by atoms with Crippen molar-refractivity contribution in [3.05, 3.63) is 53.8 Å². The highest BCUT2D eigenvalue weighted by Crippen LogP contribution is 2.25. The predicted octanol–water partition coefficient (Wildman–Crippen LogP) is 3.33. The molecule has 2 rings (SSSR count). The average molecular weight is 486 g/mol. The van der Waals surface area contributed by atoms with Gasteiger partial charge in [0.1, 0.15) is 5.82 Å². The summed E-state index contributed by atoms with van der Waals surface area (Å²) in [5, 5.41) is 2.74. The number of hydrogen-bond donors (Lipinski definition) is 2. The van der Waals surface area contributed by atoms with Gasteiger partial charge in [0.25, 0.3) is 0 Å². The Bertz CT molecular complexity index is 1150. The van der Waals surface area contributed by atoms with Crippen LogP contribution in [0.4, 0.5) is 15.8 Å². The molecule has 0 spiro atoms. The standard InChI is InChI=1S/C21H28FN3O5S2/c1-4-15-31(27,28)24-20-8-5-7-19(16(20)2)23-21(26)9-6-14-25(3)32(29,30)18-12-10-17(22)11-13-18/h5,7-8,10-13,24H,4,6,9,14-15H2,1-3H3,(H,23,26). The first-order chi connectivity index (χ1) is 15.0. The molecule has 11 heteroatoms. The molecule has 0 aliphatic heterocycles. The van der Waals surface area contributed by atoms with Crippen LogP contribution in [0, 0.1) is 12.7 Å². The van der Waals surface area contributed by atoms with E-state index in [-0.39, 0.29) is 35.9 Å². The third kappa shape index (κ3) is 7.01. The number of benzene rings is 2. The van der Waals surface area contributed by atoms with Gasteiger partial charge in [-0.3, -0.25) is 9.52 Å². The van der Waals surface area contributed by atoms with E-state index in [1.165, 1.54) is 19.2 Å². The molecule has 2 N–H and O–H groups in total. The Hall–Kier alpha value is -2.50. The van der Waals surface area contributed by atoms with Gasteiger partial charge in [0.05, 0.1) is 16.3 Å². The lowest BCUT2D eigenvalue weighted by atomic mass is 10.1. The van der Waals surface area contributed by atoms with Gasteiger partial charge in [0.15, 0.2) is 0 Å². The van der Waals surface area contributed by atoms with E-state index in [0.717, 1.165) is 16.4 Å². The molecule has 0 bridgehead atoms. The smallest absolute Gasteiger partial charge is 0.242 e. The molecule has 0 fully saturated rings. The highest BCUT2D eigenvalue weighted by molar-refractivity contribution is 7.92. The van der Waals surface area contributed by atoms with Crippen LogP contribution in [0.15, 0.2) is 47.4 Å². The molecule has 2 aromatic carbocycles. The number of carbonyl (C=O) groups is 1. The molecule has 176 valence electrons. The average Bonchev–Trinajstić information content (AvgIpc) is 2.71. The lowest BCUT2D eigenvalue weighted by molar-refractivity contribution is -0.116. The Morgan fingerprint density at radius 3 is 2.28 bits per heavy atom. The molecular weight excluding hydrogens is 457 g/mol. The van der Waals surface area contributed by atoms with E-state index in [2.05, 4.69) is 10.0 Å². The summed E-state index contributed by atoms with van der Waals surface area (Å²) < 4.78 is 65.7. The third-order valence-corrected chi connectivity index (χ3v) is 8.09. The molecular formula is C21H28FN3O5S2. The largest absolute Gasteiger partial charge is 0.326 e. The Labute approximate surface area is 188 Å². The van der Waals surface area contributed by atoms with E-state index < -0.39 is 25.9 Å². The third-order valence-electron chi connectivity index (χ3n) is 4.74. The van der Waals surface area contributed by atoms with Crippen molar-refractivity contribution in [1.82, 2.24) is 4.31 Å². The van der Waals surface area contributed by atoms with Crippen LogP contribution in [0.5, 0.6) is 0 Å². The van der Waals surface area contributed by atoms with Crippen molar-refractivity contribution in [3.63, 3.8) is 0 Å². The van der Waals surface area contributed by atoms with Crippen molar-refractivity contribution < 1.29 is 26.0 Å². The van der Waals surface area contributed by atoms with Crippen LogP contribution in [0.3, 0.4) is 0 Å².